The molecule has 0 N–H and O–H groups in total. The van der Waals surface area contributed by atoms with E-state index in [0.29, 0.717) is 18.2 Å². The van der Waals surface area contributed by atoms with E-state index in [1.54, 1.807) is 20.4 Å². The number of methoxy groups -OCH3 is 2. The third kappa shape index (κ3) is 3.37. The van der Waals surface area contributed by atoms with Gasteiger partial charge in [-0.1, -0.05) is 18.9 Å². The summed E-state index contributed by atoms with van der Waals surface area (Å²) in [5.41, 5.74) is 2.32. The molecule has 1 aliphatic carbocycles. The summed E-state index contributed by atoms with van der Waals surface area (Å²) in [6.45, 7) is 0. The van der Waals surface area contributed by atoms with Crippen LogP contribution in [-0.2, 0) is 12.0 Å². The number of halogens is 1. The maximum Gasteiger partial charge on any atom is 0.224 e. The van der Waals surface area contributed by atoms with Crippen molar-refractivity contribution in [2.45, 2.75) is 43.7 Å². The minimum absolute atomic E-state index is 0.198. The molecule has 8 heteroatoms. The fourth-order valence-corrected chi connectivity index (χ4v) is 4.93. The smallest absolute Gasteiger partial charge is 0.224 e. The normalized spacial score (nSPS) is 20.7. The van der Waals surface area contributed by atoms with Crippen LogP contribution >= 0.6 is 11.6 Å². The highest BCUT2D eigenvalue weighted by Gasteiger charge is 2.38. The van der Waals surface area contributed by atoms with Crippen LogP contribution in [0.4, 0.5) is 0 Å². The fourth-order valence-electron chi connectivity index (χ4n) is 4.76. The van der Waals surface area contributed by atoms with Gasteiger partial charge in [0.05, 0.1) is 20.5 Å². The Morgan fingerprint density at radius 2 is 1.87 bits per heavy atom. The van der Waals surface area contributed by atoms with Crippen LogP contribution in [0, 0.1) is 0 Å². The number of imidazole rings is 1. The van der Waals surface area contributed by atoms with Gasteiger partial charge in [0.15, 0.2) is 5.65 Å². The van der Waals surface area contributed by atoms with E-state index in [2.05, 4.69) is 14.5 Å². The van der Waals surface area contributed by atoms with Gasteiger partial charge >= 0.3 is 0 Å². The molecular weight excluding hydrogens is 414 g/mol. The summed E-state index contributed by atoms with van der Waals surface area (Å²) < 4.78 is 13.4. The van der Waals surface area contributed by atoms with Gasteiger partial charge < -0.3 is 14.0 Å². The molecule has 0 spiro atoms. The largest absolute Gasteiger partial charge is 0.496 e. The van der Waals surface area contributed by atoms with Gasteiger partial charge in [-0.05, 0) is 48.7 Å². The Balaban J connectivity index is 1.67. The number of fused-ring (bicyclic) bond motifs is 1. The third-order valence-electron chi connectivity index (χ3n) is 6.26. The van der Waals surface area contributed by atoms with E-state index in [9.17, 15) is 0 Å². The van der Waals surface area contributed by atoms with Crippen molar-refractivity contribution in [3.8, 4) is 11.5 Å². The standard InChI is InChI=1S/C23H24ClN5O2/c1-30-17-9-5-10-18(31-2)16(17)13-23(11-6-12-26-23)20-19-21(28-22(24)27-20)29(14-25-19)15-7-3-4-8-15/h5-6,9-12,14-15H,3-4,7-8,13H2,1-2H3. The Morgan fingerprint density at radius 1 is 1.13 bits per heavy atom. The van der Waals surface area contributed by atoms with E-state index in [1.165, 1.54) is 12.8 Å². The maximum atomic E-state index is 6.43. The van der Waals surface area contributed by atoms with Crippen LogP contribution in [-0.4, -0.2) is 40.0 Å². The van der Waals surface area contributed by atoms with E-state index in [4.69, 9.17) is 31.1 Å². The van der Waals surface area contributed by atoms with E-state index >= 15 is 0 Å². The average molecular weight is 438 g/mol. The summed E-state index contributed by atoms with van der Waals surface area (Å²) in [6.07, 6.45) is 12.8. The lowest BCUT2D eigenvalue weighted by Gasteiger charge is -2.26. The number of aromatic nitrogens is 4. The molecule has 1 unspecified atom stereocenters. The number of nitrogens with zero attached hydrogens (tertiary/aromatic N) is 5. The SMILES string of the molecule is COc1cccc(OC)c1CC1(c2nc(Cl)nc3c2ncn3C2CCCC2)C=CC=N1. The molecule has 0 bridgehead atoms. The number of hydrogen-bond acceptors (Lipinski definition) is 6. The number of ether oxygens (including phenoxy) is 2. The molecule has 1 aliphatic heterocycles. The second-order valence-electron chi connectivity index (χ2n) is 7.98. The van der Waals surface area contributed by atoms with Crippen LogP contribution in [0.15, 0.2) is 41.7 Å². The van der Waals surface area contributed by atoms with E-state index in [-0.39, 0.29) is 5.28 Å². The Kier molecular flexibility index (Phi) is 5.14. The minimum atomic E-state index is -0.776. The number of benzene rings is 1. The molecular formula is C23H24ClN5O2. The summed E-state index contributed by atoms with van der Waals surface area (Å²) >= 11 is 6.43. The first kappa shape index (κ1) is 20.0. The van der Waals surface area contributed by atoms with Crippen molar-refractivity contribution in [2.24, 2.45) is 4.99 Å². The minimum Gasteiger partial charge on any atom is -0.496 e. The summed E-state index contributed by atoms with van der Waals surface area (Å²) in [6, 6.07) is 6.15. The Labute approximate surface area is 185 Å². The van der Waals surface area contributed by atoms with Crippen LogP contribution in [0.25, 0.3) is 11.2 Å². The zero-order valence-electron chi connectivity index (χ0n) is 17.6. The van der Waals surface area contributed by atoms with Gasteiger partial charge in [-0.3, -0.25) is 4.99 Å². The van der Waals surface area contributed by atoms with Gasteiger partial charge in [-0.2, -0.15) is 4.98 Å². The molecule has 0 amide bonds. The van der Waals surface area contributed by atoms with Crippen LogP contribution in [0.1, 0.15) is 43.0 Å². The molecule has 1 fully saturated rings. The molecule has 0 saturated heterocycles. The lowest BCUT2D eigenvalue weighted by atomic mass is 9.87. The van der Waals surface area contributed by atoms with Gasteiger partial charge in [0.25, 0.3) is 0 Å². The molecule has 3 heterocycles. The van der Waals surface area contributed by atoms with E-state index in [1.807, 2.05) is 36.7 Å². The highest BCUT2D eigenvalue weighted by atomic mass is 35.5. The first-order chi connectivity index (χ1) is 15.1. The van der Waals surface area contributed by atoms with Crippen molar-refractivity contribution in [1.29, 1.82) is 0 Å². The van der Waals surface area contributed by atoms with Crippen LogP contribution < -0.4 is 9.47 Å². The molecule has 7 nitrogen and oxygen atoms in total. The topological polar surface area (TPSA) is 74.4 Å². The maximum absolute atomic E-state index is 6.43. The van der Waals surface area contributed by atoms with E-state index < -0.39 is 5.54 Å². The lowest BCUT2D eigenvalue weighted by Crippen LogP contribution is -2.25. The van der Waals surface area contributed by atoms with Gasteiger partial charge in [0.2, 0.25) is 5.28 Å². The number of rotatable bonds is 6. The van der Waals surface area contributed by atoms with Crippen molar-refractivity contribution in [3.63, 3.8) is 0 Å². The van der Waals surface area contributed by atoms with Crippen molar-refractivity contribution in [1.82, 2.24) is 19.5 Å². The van der Waals surface area contributed by atoms with Gasteiger partial charge in [0.1, 0.15) is 28.2 Å². The zero-order chi connectivity index (χ0) is 21.4. The Bertz CT molecular complexity index is 1150. The molecule has 160 valence electrons. The summed E-state index contributed by atoms with van der Waals surface area (Å²) in [5.74, 6) is 1.48. The average Bonchev–Trinajstić information content (AvgIpc) is 3.54. The molecule has 2 aliphatic rings. The molecule has 1 aromatic carbocycles. The highest BCUT2D eigenvalue weighted by Crippen LogP contribution is 2.42. The van der Waals surface area contributed by atoms with Crippen LogP contribution in [0.3, 0.4) is 0 Å². The quantitative estimate of drug-likeness (QED) is 0.523. The molecule has 1 saturated carbocycles. The number of allylic oxidation sites excluding steroid dienone is 1. The fraction of sp³-hybridized carbons (Fsp3) is 0.391. The second kappa shape index (κ2) is 7.96. The monoisotopic (exact) mass is 437 g/mol. The first-order valence-corrected chi connectivity index (χ1v) is 10.9. The molecule has 1 atom stereocenters. The molecule has 5 rings (SSSR count). The number of hydrogen-bond donors (Lipinski definition) is 0. The van der Waals surface area contributed by atoms with Crippen molar-refractivity contribution < 1.29 is 9.47 Å². The Morgan fingerprint density at radius 3 is 2.52 bits per heavy atom. The van der Waals surface area contributed by atoms with Crippen molar-refractivity contribution in [2.75, 3.05) is 14.2 Å². The van der Waals surface area contributed by atoms with Crippen molar-refractivity contribution >= 4 is 29.0 Å². The van der Waals surface area contributed by atoms with Crippen molar-refractivity contribution in [3.05, 3.63) is 53.2 Å². The Hall–Kier alpha value is -2.93. The molecule has 0 radical (unpaired) electrons. The van der Waals surface area contributed by atoms with Crippen LogP contribution in [0.5, 0.6) is 11.5 Å². The third-order valence-corrected chi connectivity index (χ3v) is 6.43. The first-order valence-electron chi connectivity index (χ1n) is 10.5. The molecule has 31 heavy (non-hydrogen) atoms. The van der Waals surface area contributed by atoms with Gasteiger partial charge in [-0.15, -0.1) is 0 Å². The molecule has 2 aromatic heterocycles. The summed E-state index contributed by atoms with van der Waals surface area (Å²) in [4.78, 5) is 18.7. The van der Waals surface area contributed by atoms with E-state index in [0.717, 1.165) is 41.1 Å². The predicted octanol–water partition coefficient (Wildman–Crippen LogP) is 4.69. The highest BCUT2D eigenvalue weighted by molar-refractivity contribution is 6.28. The van der Waals surface area contributed by atoms with Crippen LogP contribution in [0.2, 0.25) is 5.28 Å². The molecule has 3 aromatic rings. The predicted molar refractivity (Wildman–Crippen MR) is 120 cm³/mol. The zero-order valence-corrected chi connectivity index (χ0v) is 18.3. The number of aliphatic imine (C=N–C) groups is 1. The summed E-state index contributed by atoms with van der Waals surface area (Å²) in [7, 11) is 3.31. The second-order valence-corrected chi connectivity index (χ2v) is 8.32. The van der Waals surface area contributed by atoms with Gasteiger partial charge in [0, 0.05) is 24.2 Å². The lowest BCUT2D eigenvalue weighted by molar-refractivity contribution is 0.378. The van der Waals surface area contributed by atoms with Gasteiger partial charge in [-0.25, -0.2) is 9.97 Å². The summed E-state index contributed by atoms with van der Waals surface area (Å²) in [5, 5.41) is 0.198.